The second-order valence-corrected chi connectivity index (χ2v) is 7.14. The van der Waals surface area contributed by atoms with Gasteiger partial charge in [0.15, 0.2) is 15.8 Å². The molecule has 2 aromatic rings. The second kappa shape index (κ2) is 8.28. The van der Waals surface area contributed by atoms with Gasteiger partial charge >= 0.3 is 5.97 Å². The van der Waals surface area contributed by atoms with Gasteiger partial charge in [0, 0.05) is 6.92 Å². The van der Waals surface area contributed by atoms with Crippen LogP contribution in [-0.4, -0.2) is 34.2 Å². The molecule has 0 spiro atoms. The Morgan fingerprint density at radius 2 is 2.07 bits per heavy atom. The van der Waals surface area contributed by atoms with Gasteiger partial charge in [-0.1, -0.05) is 17.8 Å². The predicted octanol–water partition coefficient (Wildman–Crippen LogP) is 2.76. The number of carbonyl (C=O) groups excluding carboxylic acids is 3. The molecular weight excluding hydrogens is 404 g/mol. The van der Waals surface area contributed by atoms with Crippen molar-refractivity contribution in [2.24, 2.45) is 0 Å². The van der Waals surface area contributed by atoms with Crippen LogP contribution < -0.4 is 14.9 Å². The highest BCUT2D eigenvalue weighted by molar-refractivity contribution is 8.26. The fraction of sp³-hybridized carbons (Fsp3) is 0.111. The topological polar surface area (TPSA) is 98.1 Å². The summed E-state index contributed by atoms with van der Waals surface area (Å²) in [7, 11) is 1.43. The molecule has 1 aromatic heterocycles. The number of ether oxygens (including phenoxy) is 2. The molecular formula is C18H14N2O6S2. The minimum Gasteiger partial charge on any atom is -0.493 e. The van der Waals surface area contributed by atoms with Gasteiger partial charge in [-0.25, -0.2) is 4.79 Å². The number of amides is 2. The van der Waals surface area contributed by atoms with Crippen LogP contribution in [0.15, 0.2) is 45.9 Å². The molecule has 1 aliphatic heterocycles. The van der Waals surface area contributed by atoms with E-state index >= 15 is 0 Å². The molecule has 144 valence electrons. The number of nitrogens with zero attached hydrogens (tertiary/aromatic N) is 1. The summed E-state index contributed by atoms with van der Waals surface area (Å²) in [5, 5.41) is 1.02. The van der Waals surface area contributed by atoms with Gasteiger partial charge in [-0.05, 0) is 48.1 Å². The Morgan fingerprint density at radius 1 is 1.29 bits per heavy atom. The van der Waals surface area contributed by atoms with E-state index in [2.05, 4.69) is 5.43 Å². The highest BCUT2D eigenvalue weighted by atomic mass is 32.2. The summed E-state index contributed by atoms with van der Waals surface area (Å²) in [6.07, 6.45) is 2.97. The molecule has 0 radical (unpaired) electrons. The third kappa shape index (κ3) is 4.24. The highest BCUT2D eigenvalue weighted by Gasteiger charge is 2.33. The highest BCUT2D eigenvalue weighted by Crippen LogP contribution is 2.34. The first-order valence-electron chi connectivity index (χ1n) is 7.88. The lowest BCUT2D eigenvalue weighted by Gasteiger charge is -2.13. The first-order valence-corrected chi connectivity index (χ1v) is 9.10. The number of rotatable bonds is 5. The Balaban J connectivity index is 1.81. The van der Waals surface area contributed by atoms with E-state index in [1.807, 2.05) is 0 Å². The Morgan fingerprint density at radius 3 is 2.71 bits per heavy atom. The third-order valence-corrected chi connectivity index (χ3v) is 4.78. The van der Waals surface area contributed by atoms with E-state index in [0.29, 0.717) is 16.2 Å². The van der Waals surface area contributed by atoms with Gasteiger partial charge in [-0.3, -0.25) is 15.0 Å². The summed E-state index contributed by atoms with van der Waals surface area (Å²) in [5.41, 5.74) is 3.00. The lowest BCUT2D eigenvalue weighted by Crippen LogP contribution is -2.43. The Hall–Kier alpha value is -3.11. The van der Waals surface area contributed by atoms with Crippen LogP contribution in [-0.2, 0) is 9.59 Å². The molecule has 0 bridgehead atoms. The molecule has 2 amide bonds. The molecule has 1 saturated heterocycles. The molecule has 1 N–H and O–H groups in total. The van der Waals surface area contributed by atoms with Gasteiger partial charge in [0.25, 0.3) is 5.91 Å². The van der Waals surface area contributed by atoms with Crippen molar-refractivity contribution in [2.45, 2.75) is 6.92 Å². The van der Waals surface area contributed by atoms with Crippen molar-refractivity contribution >= 4 is 52.2 Å². The Bertz CT molecular complexity index is 984. The minimum absolute atomic E-state index is 0.0628. The second-order valence-electron chi connectivity index (χ2n) is 5.46. The van der Waals surface area contributed by atoms with Crippen molar-refractivity contribution in [1.29, 1.82) is 0 Å². The van der Waals surface area contributed by atoms with Crippen molar-refractivity contribution in [3.8, 4) is 11.5 Å². The lowest BCUT2D eigenvalue weighted by atomic mass is 10.2. The molecule has 0 unspecified atom stereocenters. The average Bonchev–Trinajstić information content (AvgIpc) is 3.28. The van der Waals surface area contributed by atoms with Crippen LogP contribution in [0.5, 0.6) is 11.5 Å². The Labute approximate surface area is 169 Å². The monoisotopic (exact) mass is 418 g/mol. The first-order chi connectivity index (χ1) is 13.4. The summed E-state index contributed by atoms with van der Waals surface area (Å²) < 4.78 is 15.8. The average molecular weight is 418 g/mol. The summed E-state index contributed by atoms with van der Waals surface area (Å²) >= 11 is 6.17. The molecule has 2 heterocycles. The van der Waals surface area contributed by atoms with Gasteiger partial charge < -0.3 is 13.9 Å². The molecule has 0 aliphatic carbocycles. The molecule has 10 heteroatoms. The van der Waals surface area contributed by atoms with E-state index < -0.39 is 17.8 Å². The molecule has 28 heavy (non-hydrogen) atoms. The van der Waals surface area contributed by atoms with Crippen LogP contribution in [0, 0.1) is 0 Å². The number of carbonyl (C=O) groups is 3. The number of thiocarbonyl (C=S) groups is 1. The maximum atomic E-state index is 12.4. The SMILES string of the molecule is COc1cc(/C=C2/SC(=S)N(NC(C)=O)C2=O)ccc1OC(=O)c1ccco1. The summed E-state index contributed by atoms with van der Waals surface area (Å²) in [6.45, 7) is 1.29. The van der Waals surface area contributed by atoms with E-state index in [4.69, 9.17) is 26.1 Å². The zero-order valence-electron chi connectivity index (χ0n) is 14.8. The van der Waals surface area contributed by atoms with Gasteiger partial charge in [0.2, 0.25) is 11.7 Å². The molecule has 1 fully saturated rings. The zero-order valence-corrected chi connectivity index (χ0v) is 16.4. The molecule has 1 aromatic carbocycles. The number of hydrazine groups is 1. The quantitative estimate of drug-likeness (QED) is 0.343. The maximum absolute atomic E-state index is 12.4. The maximum Gasteiger partial charge on any atom is 0.379 e. The van der Waals surface area contributed by atoms with Crippen molar-refractivity contribution in [1.82, 2.24) is 10.4 Å². The summed E-state index contributed by atoms with van der Waals surface area (Å²) in [4.78, 5) is 35.9. The zero-order chi connectivity index (χ0) is 20.3. The van der Waals surface area contributed by atoms with Gasteiger partial charge in [0.05, 0.1) is 18.3 Å². The standard InChI is InChI=1S/C18H14N2O6S2/c1-10(21)19-20-16(22)15(28-18(20)27)9-11-5-6-12(14(8-11)24-2)26-17(23)13-4-3-7-25-13/h3-9H,1-2H3,(H,19,21)/b15-9+. The molecule has 1 aliphatic rings. The van der Waals surface area contributed by atoms with Crippen molar-refractivity contribution in [2.75, 3.05) is 7.11 Å². The number of hydrogen-bond acceptors (Lipinski definition) is 8. The molecule has 0 saturated carbocycles. The molecule has 3 rings (SSSR count). The number of esters is 1. The van der Waals surface area contributed by atoms with Gasteiger partial charge in [-0.2, -0.15) is 5.01 Å². The number of methoxy groups -OCH3 is 1. The van der Waals surface area contributed by atoms with Crippen LogP contribution in [0.25, 0.3) is 6.08 Å². The normalized spacial score (nSPS) is 15.1. The van der Waals surface area contributed by atoms with E-state index in [-0.39, 0.29) is 15.8 Å². The number of hydrogen-bond donors (Lipinski definition) is 1. The van der Waals surface area contributed by atoms with Crippen LogP contribution in [0.1, 0.15) is 23.0 Å². The van der Waals surface area contributed by atoms with Crippen LogP contribution >= 0.6 is 24.0 Å². The van der Waals surface area contributed by atoms with Crippen LogP contribution in [0.4, 0.5) is 0 Å². The van der Waals surface area contributed by atoms with Gasteiger partial charge in [0.1, 0.15) is 0 Å². The fourth-order valence-corrected chi connectivity index (χ4v) is 3.46. The number of furan rings is 1. The van der Waals surface area contributed by atoms with Crippen molar-refractivity contribution in [3.05, 3.63) is 52.8 Å². The van der Waals surface area contributed by atoms with E-state index in [9.17, 15) is 14.4 Å². The largest absolute Gasteiger partial charge is 0.493 e. The number of benzene rings is 1. The van der Waals surface area contributed by atoms with Crippen molar-refractivity contribution < 1.29 is 28.3 Å². The lowest BCUT2D eigenvalue weighted by molar-refractivity contribution is -0.131. The van der Waals surface area contributed by atoms with Gasteiger partial charge in [-0.15, -0.1) is 0 Å². The Kier molecular flexibility index (Phi) is 5.81. The predicted molar refractivity (Wildman–Crippen MR) is 105 cm³/mol. The molecule has 0 atom stereocenters. The summed E-state index contributed by atoms with van der Waals surface area (Å²) in [5.74, 6) is -0.933. The van der Waals surface area contributed by atoms with Crippen molar-refractivity contribution in [3.63, 3.8) is 0 Å². The smallest absolute Gasteiger partial charge is 0.379 e. The summed E-state index contributed by atoms with van der Waals surface area (Å²) in [6, 6.07) is 7.86. The van der Waals surface area contributed by atoms with E-state index in [1.165, 1.54) is 26.4 Å². The minimum atomic E-state index is -0.660. The number of thioether (sulfide) groups is 1. The fourth-order valence-electron chi connectivity index (χ4n) is 2.28. The van der Waals surface area contributed by atoms with Crippen LogP contribution in [0.2, 0.25) is 0 Å². The van der Waals surface area contributed by atoms with Crippen LogP contribution in [0.3, 0.4) is 0 Å². The molecule has 8 nitrogen and oxygen atoms in total. The number of nitrogens with one attached hydrogen (secondary N) is 1. The first kappa shape index (κ1) is 19.6. The van der Waals surface area contributed by atoms with E-state index in [0.717, 1.165) is 16.8 Å². The third-order valence-electron chi connectivity index (χ3n) is 3.47. The van der Waals surface area contributed by atoms with E-state index in [1.54, 1.807) is 30.3 Å².